The van der Waals surface area contributed by atoms with Crippen molar-refractivity contribution >= 4 is 27.5 Å². The molecule has 0 unspecified atom stereocenters. The Balaban J connectivity index is 1.81. The molecule has 3 aromatic rings. The Kier molecular flexibility index (Phi) is 4.46. The van der Waals surface area contributed by atoms with Crippen LogP contribution in [0, 0.1) is 11.6 Å². The van der Waals surface area contributed by atoms with Gasteiger partial charge in [-0.05, 0) is 42.0 Å². The number of halogens is 2. The number of hydrogen-bond acceptors (Lipinski definition) is 5. The fourth-order valence-corrected chi connectivity index (χ4v) is 4.08. The maximum Gasteiger partial charge on any atom is 0.273 e. The van der Waals surface area contributed by atoms with Crippen LogP contribution in [0.1, 0.15) is 18.4 Å². The normalized spacial score (nSPS) is 15.7. The van der Waals surface area contributed by atoms with Crippen molar-refractivity contribution in [3.05, 3.63) is 57.2 Å². The van der Waals surface area contributed by atoms with Crippen LogP contribution in [0.3, 0.4) is 0 Å². The lowest BCUT2D eigenvalue weighted by Gasteiger charge is -2.32. The average molecular weight is 376 g/mol. The number of thiophene rings is 1. The smallest absolute Gasteiger partial charge is 0.273 e. The molecule has 3 heterocycles. The fraction of sp³-hybridized carbons (Fsp3) is 0.333. The standard InChI is InChI=1S/C18H18F2N4OS/c19-12-7-11(8-13(20)9-12)10-24-17(25)16-15(3-6-26-16)22-18(24)23-4-1-14(21)2-5-23/h3,6-9,14H,1-2,4-5,10,21H2. The van der Waals surface area contributed by atoms with Crippen LogP contribution in [0.25, 0.3) is 10.2 Å². The van der Waals surface area contributed by atoms with E-state index < -0.39 is 11.6 Å². The summed E-state index contributed by atoms with van der Waals surface area (Å²) in [6.07, 6.45) is 1.62. The minimum Gasteiger partial charge on any atom is -0.342 e. The summed E-state index contributed by atoms with van der Waals surface area (Å²) >= 11 is 1.32. The molecule has 4 rings (SSSR count). The van der Waals surface area contributed by atoms with Gasteiger partial charge in [0.25, 0.3) is 5.56 Å². The van der Waals surface area contributed by atoms with Crippen LogP contribution in [-0.2, 0) is 6.54 Å². The highest BCUT2D eigenvalue weighted by atomic mass is 32.1. The van der Waals surface area contributed by atoms with Crippen LogP contribution in [0.5, 0.6) is 0 Å². The van der Waals surface area contributed by atoms with E-state index in [-0.39, 0.29) is 18.1 Å². The molecule has 2 aromatic heterocycles. The molecule has 0 atom stereocenters. The van der Waals surface area contributed by atoms with E-state index in [1.54, 1.807) is 0 Å². The number of piperidine rings is 1. The van der Waals surface area contributed by atoms with Gasteiger partial charge in [-0.15, -0.1) is 11.3 Å². The summed E-state index contributed by atoms with van der Waals surface area (Å²) in [6, 6.07) is 5.26. The summed E-state index contributed by atoms with van der Waals surface area (Å²) < 4.78 is 29.2. The highest BCUT2D eigenvalue weighted by Crippen LogP contribution is 2.23. The van der Waals surface area contributed by atoms with E-state index in [1.165, 1.54) is 28.0 Å². The molecular weight excluding hydrogens is 358 g/mol. The number of hydrogen-bond donors (Lipinski definition) is 1. The Morgan fingerprint density at radius 3 is 2.58 bits per heavy atom. The van der Waals surface area contributed by atoms with Gasteiger partial charge in [0.05, 0.1) is 12.1 Å². The number of aromatic nitrogens is 2. The molecule has 8 heteroatoms. The summed E-state index contributed by atoms with van der Waals surface area (Å²) in [5, 5.41) is 1.82. The minimum atomic E-state index is -0.663. The predicted octanol–water partition coefficient (Wildman–Crippen LogP) is 2.71. The first-order valence-corrected chi connectivity index (χ1v) is 9.33. The van der Waals surface area contributed by atoms with Crippen LogP contribution < -0.4 is 16.2 Å². The van der Waals surface area contributed by atoms with Crippen molar-refractivity contribution in [3.8, 4) is 0 Å². The number of nitrogens with zero attached hydrogens (tertiary/aromatic N) is 3. The molecule has 1 fully saturated rings. The van der Waals surface area contributed by atoms with E-state index in [1.807, 2.05) is 16.3 Å². The van der Waals surface area contributed by atoms with Crippen LogP contribution in [0.15, 0.2) is 34.4 Å². The van der Waals surface area contributed by atoms with Crippen molar-refractivity contribution in [3.63, 3.8) is 0 Å². The van der Waals surface area contributed by atoms with Gasteiger partial charge in [-0.2, -0.15) is 0 Å². The lowest BCUT2D eigenvalue weighted by molar-refractivity contribution is 0.488. The fourth-order valence-electron chi connectivity index (χ4n) is 3.30. The number of rotatable bonds is 3. The average Bonchev–Trinajstić information content (AvgIpc) is 3.06. The highest BCUT2D eigenvalue weighted by molar-refractivity contribution is 7.17. The summed E-state index contributed by atoms with van der Waals surface area (Å²) in [6.45, 7) is 1.45. The van der Waals surface area contributed by atoms with Crippen molar-refractivity contribution in [1.29, 1.82) is 0 Å². The topological polar surface area (TPSA) is 64.2 Å². The zero-order valence-electron chi connectivity index (χ0n) is 14.0. The maximum absolute atomic E-state index is 13.6. The van der Waals surface area contributed by atoms with Gasteiger partial charge in [0.15, 0.2) is 0 Å². The van der Waals surface area contributed by atoms with E-state index in [0.717, 1.165) is 18.9 Å². The molecule has 1 saturated heterocycles. The Morgan fingerprint density at radius 2 is 1.88 bits per heavy atom. The van der Waals surface area contributed by atoms with Crippen LogP contribution in [-0.4, -0.2) is 28.7 Å². The van der Waals surface area contributed by atoms with Gasteiger partial charge in [-0.1, -0.05) is 0 Å². The third kappa shape index (κ3) is 3.22. The molecule has 136 valence electrons. The first-order chi connectivity index (χ1) is 12.5. The SMILES string of the molecule is NC1CCN(c2nc3ccsc3c(=O)n2Cc2cc(F)cc(F)c2)CC1. The van der Waals surface area contributed by atoms with E-state index >= 15 is 0 Å². The summed E-state index contributed by atoms with van der Waals surface area (Å²) in [5.41, 5.74) is 6.81. The third-order valence-electron chi connectivity index (χ3n) is 4.63. The van der Waals surface area contributed by atoms with Gasteiger partial charge >= 0.3 is 0 Å². The first-order valence-electron chi connectivity index (χ1n) is 8.45. The van der Waals surface area contributed by atoms with Gasteiger partial charge in [0.1, 0.15) is 16.3 Å². The molecular formula is C18H18F2N4OS. The van der Waals surface area contributed by atoms with Crippen molar-refractivity contribution < 1.29 is 8.78 Å². The molecule has 1 aliphatic rings. The molecule has 2 N–H and O–H groups in total. The number of benzene rings is 1. The van der Waals surface area contributed by atoms with E-state index in [4.69, 9.17) is 5.73 Å². The second kappa shape index (κ2) is 6.77. The molecule has 5 nitrogen and oxygen atoms in total. The molecule has 0 amide bonds. The zero-order valence-corrected chi connectivity index (χ0v) is 14.8. The molecule has 0 spiro atoms. The maximum atomic E-state index is 13.6. The summed E-state index contributed by atoms with van der Waals surface area (Å²) in [7, 11) is 0. The molecule has 0 radical (unpaired) electrons. The van der Waals surface area contributed by atoms with Crippen molar-refractivity contribution in [2.45, 2.75) is 25.4 Å². The van der Waals surface area contributed by atoms with Crippen molar-refractivity contribution in [2.75, 3.05) is 18.0 Å². The van der Waals surface area contributed by atoms with E-state index in [9.17, 15) is 13.6 Å². The lowest BCUT2D eigenvalue weighted by Crippen LogP contribution is -2.42. The highest BCUT2D eigenvalue weighted by Gasteiger charge is 2.22. The Bertz CT molecular complexity index is 988. The lowest BCUT2D eigenvalue weighted by atomic mass is 10.1. The van der Waals surface area contributed by atoms with Crippen LogP contribution >= 0.6 is 11.3 Å². The van der Waals surface area contributed by atoms with Crippen LogP contribution in [0.2, 0.25) is 0 Å². The predicted molar refractivity (Wildman–Crippen MR) is 98.8 cm³/mol. The second-order valence-corrected chi connectivity index (χ2v) is 7.46. The molecule has 0 bridgehead atoms. The monoisotopic (exact) mass is 376 g/mol. The quantitative estimate of drug-likeness (QED) is 0.763. The van der Waals surface area contributed by atoms with Gasteiger partial charge in [-0.3, -0.25) is 9.36 Å². The Hall–Kier alpha value is -2.32. The Labute approximate surface area is 152 Å². The van der Waals surface area contributed by atoms with Gasteiger partial charge in [0.2, 0.25) is 5.95 Å². The number of anilines is 1. The number of fused-ring (bicyclic) bond motifs is 1. The van der Waals surface area contributed by atoms with Crippen LogP contribution in [0.4, 0.5) is 14.7 Å². The van der Waals surface area contributed by atoms with Crippen molar-refractivity contribution in [2.24, 2.45) is 5.73 Å². The zero-order chi connectivity index (χ0) is 18.3. The number of nitrogens with two attached hydrogens (primary N) is 1. The largest absolute Gasteiger partial charge is 0.342 e. The molecule has 0 aliphatic carbocycles. The molecule has 1 aliphatic heterocycles. The van der Waals surface area contributed by atoms with Crippen molar-refractivity contribution in [1.82, 2.24) is 9.55 Å². The second-order valence-electron chi connectivity index (χ2n) is 6.54. The van der Waals surface area contributed by atoms with Gasteiger partial charge < -0.3 is 10.6 Å². The Morgan fingerprint density at radius 1 is 1.19 bits per heavy atom. The van der Waals surface area contributed by atoms with Gasteiger partial charge in [0, 0.05) is 25.2 Å². The first kappa shape index (κ1) is 17.1. The third-order valence-corrected chi connectivity index (χ3v) is 5.52. The van der Waals surface area contributed by atoms with E-state index in [2.05, 4.69) is 4.98 Å². The summed E-state index contributed by atoms with van der Waals surface area (Å²) in [5.74, 6) is -0.801. The molecule has 0 saturated carbocycles. The molecule has 26 heavy (non-hydrogen) atoms. The molecule has 1 aromatic carbocycles. The van der Waals surface area contributed by atoms with E-state index in [0.29, 0.717) is 34.8 Å². The minimum absolute atomic E-state index is 0.0617. The summed E-state index contributed by atoms with van der Waals surface area (Å²) in [4.78, 5) is 19.7. The van der Waals surface area contributed by atoms with Gasteiger partial charge in [-0.25, -0.2) is 13.8 Å².